The Balaban J connectivity index is 2.35. The summed E-state index contributed by atoms with van der Waals surface area (Å²) in [7, 11) is 0. The molecule has 0 aliphatic carbocycles. The van der Waals surface area contributed by atoms with Gasteiger partial charge in [-0.25, -0.2) is 0 Å². The second-order valence-electron chi connectivity index (χ2n) is 8.01. The molecule has 1 saturated heterocycles. The quantitative estimate of drug-likeness (QED) is 0.284. The number of piperidine rings is 1. The van der Waals surface area contributed by atoms with Crippen LogP contribution in [0.2, 0.25) is 0 Å². The summed E-state index contributed by atoms with van der Waals surface area (Å²) in [6, 6.07) is 1.08. The van der Waals surface area contributed by atoms with E-state index >= 15 is 0 Å². The van der Waals surface area contributed by atoms with Crippen molar-refractivity contribution in [3.63, 3.8) is 0 Å². The second-order valence-corrected chi connectivity index (χ2v) is 8.01. The fraction of sp³-hybridized carbons (Fsp3) is 0.900. The van der Waals surface area contributed by atoms with E-state index in [0.29, 0.717) is 12.1 Å². The largest absolute Gasteiger partial charge is 0.369 e. The van der Waals surface area contributed by atoms with Crippen LogP contribution in [0.4, 0.5) is 0 Å². The third kappa shape index (κ3) is 9.42. The minimum atomic E-state index is -0.159. The molecule has 0 radical (unpaired) electrons. The first kappa shape index (κ1) is 23.7. The Hall–Kier alpha value is -1.34. The zero-order valence-corrected chi connectivity index (χ0v) is 18.1. The Kier molecular flexibility index (Phi) is 11.4. The maximum Gasteiger partial charge on any atom is 0.221 e. The Morgan fingerprint density at radius 1 is 1.26 bits per heavy atom. The van der Waals surface area contributed by atoms with Crippen LogP contribution >= 0.6 is 0 Å². The van der Waals surface area contributed by atoms with Crippen LogP contribution in [0.3, 0.4) is 0 Å². The van der Waals surface area contributed by atoms with Crippen LogP contribution < -0.4 is 16.4 Å². The van der Waals surface area contributed by atoms with Gasteiger partial charge in [-0.1, -0.05) is 0 Å². The second kappa shape index (κ2) is 12.9. The summed E-state index contributed by atoms with van der Waals surface area (Å²) in [5.41, 5.74) is 5.45. The molecule has 1 fully saturated rings. The van der Waals surface area contributed by atoms with E-state index in [4.69, 9.17) is 10.7 Å². The standard InChI is InChI=1S/C20H42N6O/c1-6-22-20(24-11-14-26(16(2)3)17(4)5)23-10-8-13-25-12-7-9-18(15-25)19(21)27/h16-18H,6-15H2,1-5H3,(H2,21,27)(H2,22,23,24). The Labute approximate surface area is 166 Å². The molecular weight excluding hydrogens is 340 g/mol. The molecule has 158 valence electrons. The van der Waals surface area contributed by atoms with Crippen LogP contribution in [0.5, 0.6) is 0 Å². The summed E-state index contributed by atoms with van der Waals surface area (Å²) in [6.07, 6.45) is 2.98. The van der Waals surface area contributed by atoms with E-state index in [1.165, 1.54) is 0 Å². The summed E-state index contributed by atoms with van der Waals surface area (Å²) in [6.45, 7) is 17.4. The van der Waals surface area contributed by atoms with Crippen molar-refractivity contribution in [2.45, 2.75) is 66.0 Å². The number of carbonyl (C=O) groups excluding carboxylic acids is 1. The fourth-order valence-electron chi connectivity index (χ4n) is 3.73. The Morgan fingerprint density at radius 3 is 2.56 bits per heavy atom. The van der Waals surface area contributed by atoms with Crippen LogP contribution in [0.1, 0.15) is 53.9 Å². The van der Waals surface area contributed by atoms with Gasteiger partial charge in [-0.2, -0.15) is 0 Å². The van der Waals surface area contributed by atoms with E-state index in [1.54, 1.807) is 0 Å². The number of amides is 1. The summed E-state index contributed by atoms with van der Waals surface area (Å²) in [5.74, 6) is 0.748. The van der Waals surface area contributed by atoms with Crippen molar-refractivity contribution in [3.05, 3.63) is 0 Å². The summed E-state index contributed by atoms with van der Waals surface area (Å²) in [5, 5.41) is 6.76. The minimum absolute atomic E-state index is 0.0195. The monoisotopic (exact) mass is 382 g/mol. The molecule has 1 heterocycles. The average molecular weight is 383 g/mol. The molecule has 0 saturated carbocycles. The number of nitrogens with zero attached hydrogens (tertiary/aromatic N) is 3. The number of carbonyl (C=O) groups is 1. The highest BCUT2D eigenvalue weighted by Crippen LogP contribution is 2.15. The molecule has 1 aliphatic rings. The number of hydrogen-bond acceptors (Lipinski definition) is 4. The van der Waals surface area contributed by atoms with Gasteiger partial charge in [0.05, 0.1) is 5.92 Å². The Bertz CT molecular complexity index is 444. The van der Waals surface area contributed by atoms with Crippen LogP contribution in [0.25, 0.3) is 0 Å². The van der Waals surface area contributed by atoms with E-state index in [1.807, 2.05) is 0 Å². The Morgan fingerprint density at radius 2 is 1.96 bits per heavy atom. The normalized spacial score (nSPS) is 19.1. The predicted octanol–water partition coefficient (Wildman–Crippen LogP) is 1.25. The van der Waals surface area contributed by atoms with Crippen LogP contribution in [-0.2, 0) is 4.79 Å². The van der Waals surface area contributed by atoms with Crippen molar-refractivity contribution in [3.8, 4) is 0 Å². The van der Waals surface area contributed by atoms with Crippen molar-refractivity contribution in [1.82, 2.24) is 20.4 Å². The lowest BCUT2D eigenvalue weighted by molar-refractivity contribution is -0.123. The lowest BCUT2D eigenvalue weighted by Gasteiger charge is -2.31. The van der Waals surface area contributed by atoms with Gasteiger partial charge in [0.15, 0.2) is 5.96 Å². The van der Waals surface area contributed by atoms with E-state index in [0.717, 1.165) is 71.0 Å². The number of primary amides is 1. The molecule has 1 atom stereocenters. The molecule has 0 aromatic heterocycles. The summed E-state index contributed by atoms with van der Waals surface area (Å²) in [4.78, 5) is 20.9. The smallest absolute Gasteiger partial charge is 0.221 e. The molecule has 0 bridgehead atoms. The number of aliphatic imine (C=N–C) groups is 1. The third-order valence-corrected chi connectivity index (χ3v) is 5.14. The topological polar surface area (TPSA) is 86.0 Å². The van der Waals surface area contributed by atoms with Crippen molar-refractivity contribution in [2.24, 2.45) is 16.6 Å². The van der Waals surface area contributed by atoms with Gasteiger partial charge < -0.3 is 21.3 Å². The first-order valence-corrected chi connectivity index (χ1v) is 10.6. The van der Waals surface area contributed by atoms with Gasteiger partial charge >= 0.3 is 0 Å². The highest BCUT2D eigenvalue weighted by atomic mass is 16.1. The van der Waals surface area contributed by atoms with Gasteiger partial charge in [0.25, 0.3) is 0 Å². The van der Waals surface area contributed by atoms with Gasteiger partial charge in [-0.05, 0) is 67.0 Å². The molecule has 0 spiro atoms. The van der Waals surface area contributed by atoms with Crippen molar-refractivity contribution in [1.29, 1.82) is 0 Å². The maximum atomic E-state index is 11.4. The van der Waals surface area contributed by atoms with Gasteiger partial charge in [-0.3, -0.25) is 14.7 Å². The van der Waals surface area contributed by atoms with Gasteiger partial charge in [-0.15, -0.1) is 0 Å². The van der Waals surface area contributed by atoms with Gasteiger partial charge in [0.1, 0.15) is 0 Å². The lowest BCUT2D eigenvalue weighted by Crippen LogP contribution is -2.45. The SMILES string of the molecule is CCNC(=NCCCN1CCCC(C(N)=O)C1)NCCN(C(C)C)C(C)C. The molecule has 1 aliphatic heterocycles. The van der Waals surface area contributed by atoms with E-state index in [9.17, 15) is 4.79 Å². The van der Waals surface area contributed by atoms with Gasteiger partial charge in [0, 0.05) is 44.8 Å². The first-order valence-electron chi connectivity index (χ1n) is 10.6. The number of hydrogen-bond donors (Lipinski definition) is 3. The summed E-state index contributed by atoms with van der Waals surface area (Å²) < 4.78 is 0. The maximum absolute atomic E-state index is 11.4. The molecule has 0 aromatic rings. The number of guanidine groups is 1. The molecular formula is C20H42N6O. The van der Waals surface area contributed by atoms with Crippen LogP contribution in [-0.4, -0.2) is 79.6 Å². The zero-order valence-electron chi connectivity index (χ0n) is 18.1. The summed E-state index contributed by atoms with van der Waals surface area (Å²) >= 11 is 0. The number of likely N-dealkylation sites (tertiary alicyclic amines) is 1. The van der Waals surface area contributed by atoms with Crippen LogP contribution in [0, 0.1) is 5.92 Å². The predicted molar refractivity (Wildman–Crippen MR) is 114 cm³/mol. The van der Waals surface area contributed by atoms with E-state index in [2.05, 4.69) is 55.1 Å². The highest BCUT2D eigenvalue weighted by Gasteiger charge is 2.23. The van der Waals surface area contributed by atoms with E-state index in [-0.39, 0.29) is 11.8 Å². The fourth-order valence-corrected chi connectivity index (χ4v) is 3.73. The number of rotatable bonds is 11. The molecule has 7 heteroatoms. The molecule has 4 N–H and O–H groups in total. The molecule has 0 aromatic carbocycles. The number of nitrogens with one attached hydrogen (secondary N) is 2. The molecule has 1 amide bonds. The van der Waals surface area contributed by atoms with Gasteiger partial charge in [0.2, 0.25) is 5.91 Å². The third-order valence-electron chi connectivity index (χ3n) is 5.14. The van der Waals surface area contributed by atoms with Crippen molar-refractivity contribution in [2.75, 3.05) is 45.8 Å². The van der Waals surface area contributed by atoms with E-state index < -0.39 is 0 Å². The number of nitrogens with two attached hydrogens (primary N) is 1. The van der Waals surface area contributed by atoms with Crippen LogP contribution in [0.15, 0.2) is 4.99 Å². The van der Waals surface area contributed by atoms with Crippen molar-refractivity contribution < 1.29 is 4.79 Å². The molecule has 27 heavy (non-hydrogen) atoms. The molecule has 7 nitrogen and oxygen atoms in total. The molecule has 1 unspecified atom stereocenters. The average Bonchev–Trinajstić information content (AvgIpc) is 2.61. The molecule has 1 rings (SSSR count). The van der Waals surface area contributed by atoms with Crippen molar-refractivity contribution >= 4 is 11.9 Å². The minimum Gasteiger partial charge on any atom is -0.369 e. The highest BCUT2D eigenvalue weighted by molar-refractivity contribution is 5.79. The zero-order chi connectivity index (χ0) is 20.2. The first-order chi connectivity index (χ1) is 12.8. The lowest BCUT2D eigenvalue weighted by atomic mass is 9.97.